The van der Waals surface area contributed by atoms with E-state index in [9.17, 15) is 9.90 Å². The molecule has 3 heteroatoms. The average molecular weight is 276 g/mol. The lowest BCUT2D eigenvalue weighted by Crippen LogP contribution is -2.64. The maximum absolute atomic E-state index is 12.0. The van der Waals surface area contributed by atoms with Gasteiger partial charge < -0.3 is 9.84 Å². The maximum atomic E-state index is 12.0. The van der Waals surface area contributed by atoms with Crippen LogP contribution in [0.5, 0.6) is 0 Å². The second kappa shape index (κ2) is 3.38. The number of ether oxygens (including phenoxy) is 1. The van der Waals surface area contributed by atoms with Crippen LogP contribution in [-0.2, 0) is 9.53 Å². The van der Waals surface area contributed by atoms with Crippen LogP contribution in [-0.4, -0.2) is 28.2 Å². The van der Waals surface area contributed by atoms with Crippen molar-refractivity contribution in [2.24, 2.45) is 10.8 Å². The van der Waals surface area contributed by atoms with Gasteiger partial charge in [-0.05, 0) is 44.1 Å². The van der Waals surface area contributed by atoms with Crippen LogP contribution in [0.4, 0.5) is 0 Å². The van der Waals surface area contributed by atoms with E-state index in [1.807, 2.05) is 0 Å². The number of carbonyl (C=O) groups excluding carboxylic acids is 1. The molecule has 0 amide bonds. The number of Topliss-reactive ketones (excluding diaryl/α,β-unsaturated/α-hetero) is 1. The zero-order valence-electron chi connectivity index (χ0n) is 12.5. The first-order chi connectivity index (χ1) is 9.27. The standard InChI is InChI=1S/C17H24O3/c1-11-5-4-7-14(2)10-17-13(20-17)12(18)6-8-15(17,3)9-16(11,14)19/h13,19H,1,4-10H2,2-3H3/t13?,14-,15+,16+,17-/m0/s1. The Morgan fingerprint density at radius 1 is 1.20 bits per heavy atom. The lowest BCUT2D eigenvalue weighted by atomic mass is 9.45. The molecule has 0 aromatic rings. The van der Waals surface area contributed by atoms with E-state index in [1.54, 1.807) is 0 Å². The Bertz CT molecular complexity index is 526. The summed E-state index contributed by atoms with van der Waals surface area (Å²) in [6.45, 7) is 8.56. The summed E-state index contributed by atoms with van der Waals surface area (Å²) in [5.74, 6) is 0.270. The molecule has 3 saturated carbocycles. The highest BCUT2D eigenvalue weighted by molar-refractivity contribution is 5.88. The number of fused-ring (bicyclic) bond motifs is 1. The number of hydrogen-bond acceptors (Lipinski definition) is 3. The van der Waals surface area contributed by atoms with Gasteiger partial charge in [-0.25, -0.2) is 0 Å². The molecule has 1 N–H and O–H groups in total. The van der Waals surface area contributed by atoms with Crippen LogP contribution in [0.2, 0.25) is 0 Å². The van der Waals surface area contributed by atoms with Crippen LogP contribution in [0, 0.1) is 10.8 Å². The molecule has 20 heavy (non-hydrogen) atoms. The highest BCUT2D eigenvalue weighted by Crippen LogP contribution is 2.71. The van der Waals surface area contributed by atoms with Crippen molar-refractivity contribution in [3.05, 3.63) is 12.2 Å². The molecule has 5 atom stereocenters. The molecule has 110 valence electrons. The molecule has 3 aliphatic carbocycles. The summed E-state index contributed by atoms with van der Waals surface area (Å²) in [6, 6.07) is 0. The van der Waals surface area contributed by atoms with Crippen molar-refractivity contribution in [3.8, 4) is 0 Å². The van der Waals surface area contributed by atoms with E-state index >= 15 is 0 Å². The van der Waals surface area contributed by atoms with E-state index in [1.165, 1.54) is 0 Å². The summed E-state index contributed by atoms with van der Waals surface area (Å²) in [4.78, 5) is 12.0. The zero-order chi connectivity index (χ0) is 14.4. The van der Waals surface area contributed by atoms with Crippen molar-refractivity contribution < 1.29 is 14.6 Å². The largest absolute Gasteiger partial charge is 0.385 e. The van der Waals surface area contributed by atoms with Crippen LogP contribution in [0.25, 0.3) is 0 Å². The molecular formula is C17H24O3. The Hall–Kier alpha value is -0.670. The minimum atomic E-state index is -0.776. The van der Waals surface area contributed by atoms with Gasteiger partial charge in [0, 0.05) is 17.3 Å². The Morgan fingerprint density at radius 3 is 2.70 bits per heavy atom. The number of aliphatic hydroxyl groups is 1. The fourth-order valence-corrected chi connectivity index (χ4v) is 5.54. The molecule has 1 heterocycles. The molecule has 0 aromatic heterocycles. The third-order valence-electron chi connectivity index (χ3n) is 7.02. The van der Waals surface area contributed by atoms with E-state index < -0.39 is 5.60 Å². The lowest BCUT2D eigenvalue weighted by molar-refractivity contribution is -0.166. The number of rotatable bonds is 0. The number of ketones is 1. The molecule has 0 radical (unpaired) electrons. The number of epoxide rings is 1. The molecule has 4 rings (SSSR count). The van der Waals surface area contributed by atoms with Gasteiger partial charge in [0.2, 0.25) is 0 Å². The monoisotopic (exact) mass is 276 g/mol. The van der Waals surface area contributed by atoms with Crippen LogP contribution >= 0.6 is 0 Å². The van der Waals surface area contributed by atoms with Crippen molar-refractivity contribution in [2.45, 2.75) is 76.1 Å². The van der Waals surface area contributed by atoms with Crippen LogP contribution in [0.1, 0.15) is 58.8 Å². The molecular weight excluding hydrogens is 252 g/mol. The Morgan fingerprint density at radius 2 is 1.95 bits per heavy atom. The van der Waals surface area contributed by atoms with Gasteiger partial charge in [-0.2, -0.15) is 0 Å². The van der Waals surface area contributed by atoms with Crippen molar-refractivity contribution >= 4 is 5.78 Å². The van der Waals surface area contributed by atoms with Crippen molar-refractivity contribution in [3.63, 3.8) is 0 Å². The van der Waals surface area contributed by atoms with Crippen LogP contribution in [0.3, 0.4) is 0 Å². The lowest BCUT2D eigenvalue weighted by Gasteiger charge is -2.61. The van der Waals surface area contributed by atoms with Gasteiger partial charge >= 0.3 is 0 Å². The molecule has 4 fully saturated rings. The van der Waals surface area contributed by atoms with E-state index in [2.05, 4.69) is 20.4 Å². The summed E-state index contributed by atoms with van der Waals surface area (Å²) in [5.41, 5.74) is -0.339. The van der Waals surface area contributed by atoms with Gasteiger partial charge in [-0.3, -0.25) is 4.79 Å². The third-order valence-corrected chi connectivity index (χ3v) is 7.02. The average Bonchev–Trinajstić information content (AvgIpc) is 3.08. The van der Waals surface area contributed by atoms with E-state index in [0.717, 1.165) is 37.7 Å². The normalized spacial score (nSPS) is 57.6. The van der Waals surface area contributed by atoms with E-state index in [0.29, 0.717) is 12.8 Å². The summed E-state index contributed by atoms with van der Waals surface area (Å²) < 4.78 is 5.99. The summed E-state index contributed by atoms with van der Waals surface area (Å²) in [7, 11) is 0. The Balaban J connectivity index is 1.80. The minimum Gasteiger partial charge on any atom is -0.385 e. The van der Waals surface area contributed by atoms with Crippen molar-refractivity contribution in [1.29, 1.82) is 0 Å². The molecule has 0 aromatic carbocycles. The first kappa shape index (κ1) is 13.0. The van der Waals surface area contributed by atoms with Gasteiger partial charge in [0.15, 0.2) is 5.78 Å². The third kappa shape index (κ3) is 1.23. The topological polar surface area (TPSA) is 49.8 Å². The second-order valence-corrected chi connectivity index (χ2v) is 8.15. The van der Waals surface area contributed by atoms with E-state index in [-0.39, 0.29) is 28.3 Å². The van der Waals surface area contributed by atoms with Gasteiger partial charge in [0.05, 0.1) is 5.60 Å². The second-order valence-electron chi connectivity index (χ2n) is 8.15. The molecule has 1 unspecified atom stereocenters. The van der Waals surface area contributed by atoms with Crippen molar-refractivity contribution in [2.75, 3.05) is 0 Å². The van der Waals surface area contributed by atoms with Gasteiger partial charge in [-0.15, -0.1) is 0 Å². The van der Waals surface area contributed by atoms with Crippen LogP contribution in [0.15, 0.2) is 12.2 Å². The molecule has 0 bridgehead atoms. The van der Waals surface area contributed by atoms with Gasteiger partial charge in [0.1, 0.15) is 11.7 Å². The molecule has 1 aliphatic heterocycles. The highest BCUT2D eigenvalue weighted by Gasteiger charge is 2.78. The van der Waals surface area contributed by atoms with Gasteiger partial charge in [-0.1, -0.05) is 20.4 Å². The molecule has 1 spiro atoms. The SMILES string of the molecule is C=C1CCC[C@@]2(C)C[C@]34OC3C(=O)CC[C@]4(C)C[C@@]12O. The summed E-state index contributed by atoms with van der Waals surface area (Å²) in [6.07, 6.45) is 5.78. The highest BCUT2D eigenvalue weighted by atomic mass is 16.6. The predicted molar refractivity (Wildman–Crippen MR) is 75.2 cm³/mol. The zero-order valence-corrected chi connectivity index (χ0v) is 12.5. The van der Waals surface area contributed by atoms with Crippen LogP contribution < -0.4 is 0 Å². The number of carbonyl (C=O) groups is 1. The first-order valence-electron chi connectivity index (χ1n) is 7.88. The quantitative estimate of drug-likeness (QED) is 0.547. The van der Waals surface area contributed by atoms with E-state index in [4.69, 9.17) is 4.74 Å². The molecule has 3 nitrogen and oxygen atoms in total. The Kier molecular flexibility index (Phi) is 2.20. The fraction of sp³-hybridized carbons (Fsp3) is 0.824. The maximum Gasteiger partial charge on any atom is 0.164 e. The first-order valence-corrected chi connectivity index (χ1v) is 7.88. The molecule has 4 aliphatic rings. The summed E-state index contributed by atoms with van der Waals surface area (Å²) in [5, 5.41) is 11.4. The minimum absolute atomic E-state index is 0.0832. The predicted octanol–water partition coefficient (Wildman–Crippen LogP) is 2.76. The number of hydrogen-bond donors (Lipinski definition) is 1. The molecule has 1 saturated heterocycles. The smallest absolute Gasteiger partial charge is 0.164 e. The Labute approximate surface area is 120 Å². The summed E-state index contributed by atoms with van der Waals surface area (Å²) >= 11 is 0. The van der Waals surface area contributed by atoms with Crippen molar-refractivity contribution in [1.82, 2.24) is 0 Å². The van der Waals surface area contributed by atoms with Gasteiger partial charge in [0.25, 0.3) is 0 Å². The fourth-order valence-electron chi connectivity index (χ4n) is 5.54.